The Hall–Kier alpha value is -3.66. The van der Waals surface area contributed by atoms with E-state index in [4.69, 9.17) is 4.74 Å². The molecule has 2 heterocycles. The highest BCUT2D eigenvalue weighted by atomic mass is 32.1. The highest BCUT2D eigenvalue weighted by Gasteiger charge is 2.31. The summed E-state index contributed by atoms with van der Waals surface area (Å²) in [5.41, 5.74) is 0.699. The summed E-state index contributed by atoms with van der Waals surface area (Å²) >= 11 is 1.38. The maximum atomic E-state index is 13.2. The molecule has 6 nitrogen and oxygen atoms in total. The zero-order valence-electron chi connectivity index (χ0n) is 20.0. The van der Waals surface area contributed by atoms with E-state index in [1.165, 1.54) is 17.4 Å². The van der Waals surface area contributed by atoms with E-state index in [0.717, 1.165) is 17.1 Å². The quantitative estimate of drug-likeness (QED) is 0.265. The summed E-state index contributed by atoms with van der Waals surface area (Å²) in [6.45, 7) is 5.00. The lowest BCUT2D eigenvalue weighted by Crippen LogP contribution is -2.38. The van der Waals surface area contributed by atoms with Gasteiger partial charge in [-0.2, -0.15) is 13.2 Å². The molecule has 1 N–H and O–H groups in total. The average molecular weight is 530 g/mol. The predicted octanol–water partition coefficient (Wildman–Crippen LogP) is 6.97. The highest BCUT2D eigenvalue weighted by Crippen LogP contribution is 2.35. The Balaban J connectivity index is 1.41. The second kappa shape index (κ2) is 11.6. The Morgan fingerprint density at radius 2 is 1.92 bits per heavy atom. The van der Waals surface area contributed by atoms with Gasteiger partial charge < -0.3 is 15.0 Å². The predicted molar refractivity (Wildman–Crippen MR) is 137 cm³/mol. The number of benzene rings is 2. The fourth-order valence-corrected chi connectivity index (χ4v) is 5.07. The van der Waals surface area contributed by atoms with E-state index in [9.17, 15) is 22.8 Å². The third kappa shape index (κ3) is 6.56. The number of piperidine rings is 1. The molecule has 4 rings (SSSR count). The van der Waals surface area contributed by atoms with Crippen LogP contribution < -0.4 is 5.32 Å². The van der Waals surface area contributed by atoms with Crippen LogP contribution >= 0.6 is 11.3 Å². The van der Waals surface area contributed by atoms with Crippen molar-refractivity contribution in [1.29, 1.82) is 0 Å². The summed E-state index contributed by atoms with van der Waals surface area (Å²) in [5.74, 6) is -0.314. The molecule has 1 saturated heterocycles. The SMILES string of the molecule is C=CCCOC(=O)N1CCC(c2nc(C(=O)Nc3ccccc3-c3cccc(C(F)(F)F)c3)cs2)CC1. The van der Waals surface area contributed by atoms with E-state index >= 15 is 0 Å². The van der Waals surface area contributed by atoms with Crippen molar-refractivity contribution in [2.24, 2.45) is 0 Å². The van der Waals surface area contributed by atoms with Crippen molar-refractivity contribution in [2.75, 3.05) is 25.0 Å². The molecule has 2 amide bonds. The van der Waals surface area contributed by atoms with Gasteiger partial charge >= 0.3 is 12.3 Å². The number of ether oxygens (including phenoxy) is 1. The van der Waals surface area contributed by atoms with Crippen LogP contribution in [0.5, 0.6) is 0 Å². The van der Waals surface area contributed by atoms with Crippen LogP contribution in [0.3, 0.4) is 0 Å². The van der Waals surface area contributed by atoms with Gasteiger partial charge in [0.25, 0.3) is 5.91 Å². The number of hydrogen-bond acceptors (Lipinski definition) is 5. The van der Waals surface area contributed by atoms with Gasteiger partial charge in [-0.05, 0) is 43.0 Å². The van der Waals surface area contributed by atoms with Crippen molar-refractivity contribution in [2.45, 2.75) is 31.4 Å². The van der Waals surface area contributed by atoms with E-state index in [-0.39, 0.29) is 17.7 Å². The standard InChI is InChI=1S/C27H26F3N3O3S/c1-2-3-15-36-26(35)33-13-11-18(12-14-33)25-32-23(17-37-25)24(34)31-22-10-5-4-9-21(22)19-7-6-8-20(16-19)27(28,29)30/h2,4-10,16-18H,1,3,11-15H2,(H,31,34). The van der Waals surface area contributed by atoms with Gasteiger partial charge in [0.15, 0.2) is 0 Å². The van der Waals surface area contributed by atoms with Crippen molar-refractivity contribution in [3.63, 3.8) is 0 Å². The first kappa shape index (κ1) is 26.4. The fraction of sp³-hybridized carbons (Fsp3) is 0.296. The molecule has 1 fully saturated rings. The molecular weight excluding hydrogens is 503 g/mol. The van der Waals surface area contributed by atoms with Crippen LogP contribution in [0.1, 0.15) is 46.2 Å². The monoisotopic (exact) mass is 529 g/mol. The number of nitrogens with zero attached hydrogens (tertiary/aromatic N) is 2. The van der Waals surface area contributed by atoms with Crippen molar-refractivity contribution in [3.8, 4) is 11.1 Å². The minimum absolute atomic E-state index is 0.126. The number of thiazole rings is 1. The fourth-order valence-electron chi connectivity index (χ4n) is 4.10. The largest absolute Gasteiger partial charge is 0.449 e. The van der Waals surface area contributed by atoms with Gasteiger partial charge in [-0.1, -0.05) is 36.4 Å². The molecule has 0 aliphatic carbocycles. The van der Waals surface area contributed by atoms with Gasteiger partial charge in [-0.25, -0.2) is 9.78 Å². The molecule has 2 aromatic carbocycles. The van der Waals surface area contributed by atoms with E-state index in [1.54, 1.807) is 46.7 Å². The molecule has 1 aromatic heterocycles. The summed E-state index contributed by atoms with van der Waals surface area (Å²) in [4.78, 5) is 31.3. The number of halogens is 3. The molecule has 0 atom stereocenters. The Bertz CT molecular complexity index is 1270. The van der Waals surface area contributed by atoms with Gasteiger partial charge in [0, 0.05) is 35.6 Å². The van der Waals surface area contributed by atoms with Crippen LogP contribution in [0.4, 0.5) is 23.7 Å². The van der Waals surface area contributed by atoms with Crippen LogP contribution in [0.25, 0.3) is 11.1 Å². The molecular formula is C27H26F3N3O3S. The smallest absolute Gasteiger partial charge is 0.416 e. The Labute approximate surface area is 216 Å². The molecule has 194 valence electrons. The normalized spacial score (nSPS) is 14.3. The lowest BCUT2D eigenvalue weighted by molar-refractivity contribution is -0.137. The van der Waals surface area contributed by atoms with Gasteiger partial charge in [0.05, 0.1) is 17.2 Å². The number of aromatic nitrogens is 1. The molecule has 3 aromatic rings. The van der Waals surface area contributed by atoms with Crippen LogP contribution in [-0.2, 0) is 10.9 Å². The maximum absolute atomic E-state index is 13.2. The molecule has 10 heteroatoms. The first-order valence-corrected chi connectivity index (χ1v) is 12.7. The Morgan fingerprint density at radius 3 is 2.65 bits per heavy atom. The summed E-state index contributed by atoms with van der Waals surface area (Å²) in [5, 5.41) is 5.28. The van der Waals surface area contributed by atoms with Crippen molar-refractivity contribution < 1.29 is 27.5 Å². The third-order valence-electron chi connectivity index (χ3n) is 6.08. The molecule has 0 saturated carbocycles. The minimum Gasteiger partial charge on any atom is -0.449 e. The molecule has 37 heavy (non-hydrogen) atoms. The lowest BCUT2D eigenvalue weighted by atomic mass is 9.98. The molecule has 0 bridgehead atoms. The highest BCUT2D eigenvalue weighted by molar-refractivity contribution is 7.10. The maximum Gasteiger partial charge on any atom is 0.416 e. The molecule has 1 aliphatic heterocycles. The number of amides is 2. The van der Waals surface area contributed by atoms with Crippen LogP contribution in [0, 0.1) is 0 Å². The minimum atomic E-state index is -4.47. The molecule has 0 unspecified atom stereocenters. The number of rotatable bonds is 7. The molecule has 1 aliphatic rings. The first-order valence-electron chi connectivity index (χ1n) is 11.8. The summed E-state index contributed by atoms with van der Waals surface area (Å²) < 4.78 is 44.8. The van der Waals surface area contributed by atoms with Gasteiger partial charge in [0.2, 0.25) is 0 Å². The summed E-state index contributed by atoms with van der Waals surface area (Å²) in [6, 6.07) is 11.7. The van der Waals surface area contributed by atoms with Crippen molar-refractivity contribution in [3.05, 3.63) is 82.8 Å². The zero-order valence-corrected chi connectivity index (χ0v) is 20.8. The van der Waals surface area contributed by atoms with Crippen molar-refractivity contribution >= 4 is 29.0 Å². The van der Waals surface area contributed by atoms with Crippen LogP contribution in [-0.4, -0.2) is 41.6 Å². The van der Waals surface area contributed by atoms with E-state index < -0.39 is 17.6 Å². The zero-order chi connectivity index (χ0) is 26.4. The van der Waals surface area contributed by atoms with Gasteiger partial charge in [-0.15, -0.1) is 17.9 Å². The number of hydrogen-bond donors (Lipinski definition) is 1. The Morgan fingerprint density at radius 1 is 1.16 bits per heavy atom. The molecule has 0 radical (unpaired) electrons. The van der Waals surface area contributed by atoms with Crippen molar-refractivity contribution in [1.82, 2.24) is 9.88 Å². The number of nitrogens with one attached hydrogen (secondary N) is 1. The van der Waals surface area contributed by atoms with Gasteiger partial charge in [0.1, 0.15) is 5.69 Å². The lowest BCUT2D eigenvalue weighted by Gasteiger charge is -2.30. The van der Waals surface area contributed by atoms with E-state index in [1.807, 2.05) is 0 Å². The van der Waals surface area contributed by atoms with Crippen LogP contribution in [0.2, 0.25) is 0 Å². The third-order valence-corrected chi connectivity index (χ3v) is 7.09. The number of anilines is 1. The second-order valence-electron chi connectivity index (χ2n) is 8.60. The average Bonchev–Trinajstić information content (AvgIpc) is 3.39. The van der Waals surface area contributed by atoms with E-state index in [2.05, 4.69) is 16.9 Å². The summed E-state index contributed by atoms with van der Waals surface area (Å²) in [6.07, 6.45) is -1.07. The first-order chi connectivity index (χ1) is 17.8. The number of carbonyl (C=O) groups is 2. The van der Waals surface area contributed by atoms with E-state index in [0.29, 0.717) is 55.8 Å². The Kier molecular flexibility index (Phi) is 8.27. The number of para-hydroxylation sites is 1. The number of alkyl halides is 3. The topological polar surface area (TPSA) is 71.5 Å². The number of likely N-dealkylation sites (tertiary alicyclic amines) is 1. The summed E-state index contributed by atoms with van der Waals surface area (Å²) in [7, 11) is 0. The second-order valence-corrected chi connectivity index (χ2v) is 9.49. The van der Waals surface area contributed by atoms with Crippen LogP contribution in [0.15, 0.2) is 66.6 Å². The molecule has 0 spiro atoms. The number of carbonyl (C=O) groups excluding carboxylic acids is 2. The van der Waals surface area contributed by atoms with Gasteiger partial charge in [-0.3, -0.25) is 4.79 Å².